The topological polar surface area (TPSA) is 38.3 Å². The molecule has 0 saturated heterocycles. The summed E-state index contributed by atoms with van der Waals surface area (Å²) in [5.41, 5.74) is 0.0585. The molecular weight excluding hydrogens is 289 g/mol. The number of carbonyl (C=O) groups excluding carboxylic acids is 1. The standard InChI is InChI=1S/C12H15BrFNO2/c1-17-8-9(6-7-13)15-12(16)10-4-2-3-5-11(10)14/h2-5,9H,6-8H2,1H3,(H,15,16). The summed E-state index contributed by atoms with van der Waals surface area (Å²) in [7, 11) is 1.57. The average Bonchev–Trinajstić information content (AvgIpc) is 2.30. The molecule has 1 aromatic carbocycles. The summed E-state index contributed by atoms with van der Waals surface area (Å²) in [4.78, 5) is 11.8. The molecule has 1 N–H and O–H groups in total. The SMILES string of the molecule is COCC(CCBr)NC(=O)c1ccccc1F. The first-order valence-corrected chi connectivity index (χ1v) is 6.41. The third-order valence-electron chi connectivity index (χ3n) is 2.28. The molecule has 1 aromatic rings. The van der Waals surface area contributed by atoms with Gasteiger partial charge in [-0.3, -0.25) is 4.79 Å². The highest BCUT2D eigenvalue weighted by atomic mass is 79.9. The van der Waals surface area contributed by atoms with E-state index in [0.29, 0.717) is 6.61 Å². The van der Waals surface area contributed by atoms with Gasteiger partial charge < -0.3 is 10.1 Å². The van der Waals surface area contributed by atoms with Crippen molar-refractivity contribution in [3.8, 4) is 0 Å². The highest BCUT2D eigenvalue weighted by Gasteiger charge is 2.15. The van der Waals surface area contributed by atoms with Crippen molar-refractivity contribution in [3.05, 3.63) is 35.6 Å². The minimum absolute atomic E-state index is 0.0585. The summed E-state index contributed by atoms with van der Waals surface area (Å²) < 4.78 is 18.4. The van der Waals surface area contributed by atoms with Crippen LogP contribution in [-0.2, 0) is 4.74 Å². The Labute approximate surface area is 108 Å². The second-order valence-electron chi connectivity index (χ2n) is 3.58. The van der Waals surface area contributed by atoms with Crippen molar-refractivity contribution in [2.45, 2.75) is 12.5 Å². The number of alkyl halides is 1. The van der Waals surface area contributed by atoms with Gasteiger partial charge in [0.25, 0.3) is 5.91 Å². The van der Waals surface area contributed by atoms with Crippen LogP contribution in [0.3, 0.4) is 0 Å². The Hall–Kier alpha value is -0.940. The first-order chi connectivity index (χ1) is 8.19. The highest BCUT2D eigenvalue weighted by molar-refractivity contribution is 9.09. The van der Waals surface area contributed by atoms with E-state index in [1.165, 1.54) is 12.1 Å². The van der Waals surface area contributed by atoms with Crippen LogP contribution in [0.15, 0.2) is 24.3 Å². The number of methoxy groups -OCH3 is 1. The van der Waals surface area contributed by atoms with Crippen molar-refractivity contribution >= 4 is 21.8 Å². The molecule has 0 aliphatic heterocycles. The van der Waals surface area contributed by atoms with E-state index < -0.39 is 11.7 Å². The van der Waals surface area contributed by atoms with Crippen LogP contribution in [0.4, 0.5) is 4.39 Å². The van der Waals surface area contributed by atoms with E-state index in [1.54, 1.807) is 19.2 Å². The smallest absolute Gasteiger partial charge is 0.254 e. The van der Waals surface area contributed by atoms with E-state index in [-0.39, 0.29) is 11.6 Å². The maximum absolute atomic E-state index is 13.4. The lowest BCUT2D eigenvalue weighted by molar-refractivity contribution is 0.0891. The van der Waals surface area contributed by atoms with Gasteiger partial charge in [0.05, 0.1) is 18.2 Å². The molecule has 1 atom stereocenters. The van der Waals surface area contributed by atoms with Crippen LogP contribution in [0.1, 0.15) is 16.8 Å². The molecule has 0 heterocycles. The van der Waals surface area contributed by atoms with E-state index in [2.05, 4.69) is 21.2 Å². The van der Waals surface area contributed by atoms with E-state index in [0.717, 1.165) is 11.8 Å². The Kier molecular flexibility index (Phi) is 6.15. The molecule has 1 rings (SSSR count). The largest absolute Gasteiger partial charge is 0.383 e. The van der Waals surface area contributed by atoms with E-state index >= 15 is 0 Å². The van der Waals surface area contributed by atoms with Crippen LogP contribution in [0.5, 0.6) is 0 Å². The van der Waals surface area contributed by atoms with Gasteiger partial charge in [0.1, 0.15) is 5.82 Å². The molecule has 0 radical (unpaired) electrons. The average molecular weight is 304 g/mol. The van der Waals surface area contributed by atoms with Crippen molar-refractivity contribution in [2.24, 2.45) is 0 Å². The summed E-state index contributed by atoms with van der Waals surface area (Å²) in [6.07, 6.45) is 0.730. The third kappa shape index (κ3) is 4.44. The van der Waals surface area contributed by atoms with E-state index in [4.69, 9.17) is 4.74 Å². The molecule has 0 aliphatic rings. The van der Waals surface area contributed by atoms with Crippen LogP contribution >= 0.6 is 15.9 Å². The fraction of sp³-hybridized carbons (Fsp3) is 0.417. The fourth-order valence-electron chi connectivity index (χ4n) is 1.44. The molecule has 0 bridgehead atoms. The van der Waals surface area contributed by atoms with Crippen LogP contribution in [0.2, 0.25) is 0 Å². The number of benzene rings is 1. The zero-order chi connectivity index (χ0) is 12.7. The first-order valence-electron chi connectivity index (χ1n) is 5.29. The molecule has 3 nitrogen and oxygen atoms in total. The number of amides is 1. The van der Waals surface area contributed by atoms with E-state index in [1.807, 2.05) is 0 Å². The van der Waals surface area contributed by atoms with Gasteiger partial charge in [0.15, 0.2) is 0 Å². The summed E-state index contributed by atoms with van der Waals surface area (Å²) in [5, 5.41) is 3.49. The number of rotatable bonds is 6. The Balaban J connectivity index is 2.67. The Morgan fingerprint density at radius 2 is 2.24 bits per heavy atom. The minimum atomic E-state index is -0.514. The van der Waals surface area contributed by atoms with Gasteiger partial charge in [0, 0.05) is 12.4 Å². The molecule has 1 unspecified atom stereocenters. The second kappa shape index (κ2) is 7.40. The number of nitrogens with one attached hydrogen (secondary N) is 1. The van der Waals surface area contributed by atoms with E-state index in [9.17, 15) is 9.18 Å². The number of hydrogen-bond donors (Lipinski definition) is 1. The Morgan fingerprint density at radius 3 is 2.82 bits per heavy atom. The lowest BCUT2D eigenvalue weighted by Gasteiger charge is -2.16. The predicted molar refractivity (Wildman–Crippen MR) is 67.9 cm³/mol. The molecule has 5 heteroatoms. The van der Waals surface area contributed by atoms with Crippen molar-refractivity contribution < 1.29 is 13.9 Å². The lowest BCUT2D eigenvalue weighted by Crippen LogP contribution is -2.38. The molecule has 0 spiro atoms. The fourth-order valence-corrected chi connectivity index (χ4v) is 1.99. The van der Waals surface area contributed by atoms with Crippen LogP contribution in [0, 0.1) is 5.82 Å². The van der Waals surface area contributed by atoms with Gasteiger partial charge in [-0.2, -0.15) is 0 Å². The summed E-state index contributed by atoms with van der Waals surface area (Å²) >= 11 is 3.30. The Morgan fingerprint density at radius 1 is 1.53 bits per heavy atom. The predicted octanol–water partition coefficient (Wildman–Crippen LogP) is 2.36. The number of ether oxygens (including phenoxy) is 1. The van der Waals surface area contributed by atoms with Gasteiger partial charge in [0.2, 0.25) is 0 Å². The first kappa shape index (κ1) is 14.1. The van der Waals surface area contributed by atoms with Crippen molar-refractivity contribution in [2.75, 3.05) is 19.0 Å². The minimum Gasteiger partial charge on any atom is -0.383 e. The third-order valence-corrected chi connectivity index (χ3v) is 2.74. The summed E-state index contributed by atoms with van der Waals surface area (Å²) in [5.74, 6) is -0.925. The molecule has 0 aliphatic carbocycles. The van der Waals surface area contributed by atoms with Crippen LogP contribution in [0.25, 0.3) is 0 Å². The number of hydrogen-bond acceptors (Lipinski definition) is 2. The molecule has 0 saturated carbocycles. The van der Waals surface area contributed by atoms with Crippen molar-refractivity contribution in [1.82, 2.24) is 5.32 Å². The van der Waals surface area contributed by atoms with Gasteiger partial charge in [-0.15, -0.1) is 0 Å². The molecule has 1 amide bonds. The molecule has 0 aromatic heterocycles. The van der Waals surface area contributed by atoms with Gasteiger partial charge in [-0.25, -0.2) is 4.39 Å². The van der Waals surface area contributed by atoms with Crippen molar-refractivity contribution in [3.63, 3.8) is 0 Å². The zero-order valence-corrected chi connectivity index (χ0v) is 11.2. The molecule has 94 valence electrons. The van der Waals surface area contributed by atoms with Crippen molar-refractivity contribution in [1.29, 1.82) is 0 Å². The highest BCUT2D eigenvalue weighted by Crippen LogP contribution is 2.07. The molecule has 17 heavy (non-hydrogen) atoms. The summed E-state index contributed by atoms with van der Waals surface area (Å²) in [6.45, 7) is 0.409. The van der Waals surface area contributed by atoms with Gasteiger partial charge in [-0.05, 0) is 18.6 Å². The lowest BCUT2D eigenvalue weighted by atomic mass is 10.1. The number of carbonyl (C=O) groups is 1. The van der Waals surface area contributed by atoms with Crippen LogP contribution in [-0.4, -0.2) is 31.0 Å². The molecular formula is C12H15BrFNO2. The molecule has 0 fully saturated rings. The number of halogens is 2. The second-order valence-corrected chi connectivity index (χ2v) is 4.38. The van der Waals surface area contributed by atoms with Gasteiger partial charge >= 0.3 is 0 Å². The van der Waals surface area contributed by atoms with Gasteiger partial charge in [-0.1, -0.05) is 28.1 Å². The monoisotopic (exact) mass is 303 g/mol. The van der Waals surface area contributed by atoms with Crippen LogP contribution < -0.4 is 5.32 Å². The zero-order valence-electron chi connectivity index (χ0n) is 9.58. The normalized spacial score (nSPS) is 12.2. The Bertz CT molecular complexity index is 367. The maximum atomic E-state index is 13.4. The summed E-state index contributed by atoms with van der Waals surface area (Å²) in [6, 6.07) is 5.80. The maximum Gasteiger partial charge on any atom is 0.254 e. The quantitative estimate of drug-likeness (QED) is 0.819.